The van der Waals surface area contributed by atoms with E-state index in [1.54, 1.807) is 0 Å². The van der Waals surface area contributed by atoms with Crippen LogP contribution in [0.1, 0.15) is 20.3 Å². The van der Waals surface area contributed by atoms with Gasteiger partial charge in [0.1, 0.15) is 0 Å². The highest BCUT2D eigenvalue weighted by Gasteiger charge is 2.29. The van der Waals surface area contributed by atoms with Gasteiger partial charge in [0.05, 0.1) is 6.54 Å². The van der Waals surface area contributed by atoms with Gasteiger partial charge in [-0.3, -0.25) is 4.90 Å². The van der Waals surface area contributed by atoms with E-state index in [-0.39, 0.29) is 5.92 Å². The molecular formula is C10H21F3N2. The van der Waals surface area contributed by atoms with E-state index in [9.17, 15) is 13.2 Å². The number of alkyl halides is 3. The molecule has 15 heavy (non-hydrogen) atoms. The first kappa shape index (κ1) is 14.7. The number of nitrogens with two attached hydrogens (primary N) is 1. The summed E-state index contributed by atoms with van der Waals surface area (Å²) < 4.78 is 36.2. The normalized spacial score (nSPS) is 15.0. The van der Waals surface area contributed by atoms with Gasteiger partial charge in [-0.1, -0.05) is 13.8 Å². The number of halogens is 3. The average Bonchev–Trinajstić information content (AvgIpc) is 1.98. The molecule has 2 N–H and O–H groups in total. The molecule has 0 fully saturated rings. The van der Waals surface area contributed by atoms with E-state index in [0.29, 0.717) is 19.0 Å². The SMILES string of the molecule is CC(C)CC(CN)CN(C)CC(F)(F)F. The van der Waals surface area contributed by atoms with Crippen LogP contribution in [0.5, 0.6) is 0 Å². The summed E-state index contributed by atoms with van der Waals surface area (Å²) in [6.07, 6.45) is -3.25. The Morgan fingerprint density at radius 3 is 2.13 bits per heavy atom. The Kier molecular flexibility index (Phi) is 6.20. The lowest BCUT2D eigenvalue weighted by atomic mass is 9.97. The first-order valence-electron chi connectivity index (χ1n) is 5.20. The molecule has 2 nitrogen and oxygen atoms in total. The van der Waals surface area contributed by atoms with Crippen molar-refractivity contribution in [1.29, 1.82) is 0 Å². The van der Waals surface area contributed by atoms with Crippen molar-refractivity contribution < 1.29 is 13.2 Å². The molecular weight excluding hydrogens is 205 g/mol. The van der Waals surface area contributed by atoms with Crippen LogP contribution in [-0.4, -0.2) is 37.8 Å². The molecule has 0 aliphatic rings. The molecule has 0 amide bonds. The van der Waals surface area contributed by atoms with Gasteiger partial charge in [0, 0.05) is 6.54 Å². The summed E-state index contributed by atoms with van der Waals surface area (Å²) in [5, 5.41) is 0. The quantitative estimate of drug-likeness (QED) is 0.751. The van der Waals surface area contributed by atoms with Gasteiger partial charge in [-0.2, -0.15) is 13.2 Å². The van der Waals surface area contributed by atoms with E-state index >= 15 is 0 Å². The summed E-state index contributed by atoms with van der Waals surface area (Å²) >= 11 is 0. The first-order chi connectivity index (χ1) is 6.74. The van der Waals surface area contributed by atoms with Crippen molar-refractivity contribution in [2.45, 2.75) is 26.4 Å². The third kappa shape index (κ3) is 8.69. The second-order valence-electron chi connectivity index (χ2n) is 4.54. The minimum atomic E-state index is -4.12. The molecule has 92 valence electrons. The number of hydrogen-bond acceptors (Lipinski definition) is 2. The van der Waals surface area contributed by atoms with Gasteiger partial charge in [0.2, 0.25) is 0 Å². The van der Waals surface area contributed by atoms with E-state index < -0.39 is 12.7 Å². The summed E-state index contributed by atoms with van der Waals surface area (Å²) in [5.41, 5.74) is 5.53. The van der Waals surface area contributed by atoms with Crippen LogP contribution >= 0.6 is 0 Å². The van der Waals surface area contributed by atoms with Gasteiger partial charge in [-0.15, -0.1) is 0 Å². The van der Waals surface area contributed by atoms with Crippen LogP contribution in [-0.2, 0) is 0 Å². The van der Waals surface area contributed by atoms with Crippen LogP contribution in [0.3, 0.4) is 0 Å². The predicted molar refractivity (Wildman–Crippen MR) is 55.6 cm³/mol. The van der Waals surface area contributed by atoms with Crippen LogP contribution < -0.4 is 5.73 Å². The highest BCUT2D eigenvalue weighted by molar-refractivity contribution is 4.68. The van der Waals surface area contributed by atoms with Crippen molar-refractivity contribution in [3.8, 4) is 0 Å². The lowest BCUT2D eigenvalue weighted by Gasteiger charge is -2.25. The molecule has 0 aromatic rings. The maximum absolute atomic E-state index is 12.1. The van der Waals surface area contributed by atoms with Crippen LogP contribution in [0.4, 0.5) is 13.2 Å². The van der Waals surface area contributed by atoms with E-state index in [0.717, 1.165) is 6.42 Å². The lowest BCUT2D eigenvalue weighted by Crippen LogP contribution is -2.37. The zero-order valence-electron chi connectivity index (χ0n) is 9.64. The molecule has 0 bridgehead atoms. The number of hydrogen-bond donors (Lipinski definition) is 1. The number of nitrogens with zero attached hydrogens (tertiary/aromatic N) is 1. The Morgan fingerprint density at radius 1 is 1.27 bits per heavy atom. The summed E-state index contributed by atoms with van der Waals surface area (Å²) in [6.45, 7) is 4.09. The van der Waals surface area contributed by atoms with Crippen LogP contribution in [0, 0.1) is 11.8 Å². The Bertz CT molecular complexity index is 169. The zero-order valence-corrected chi connectivity index (χ0v) is 9.64. The van der Waals surface area contributed by atoms with Crippen molar-refractivity contribution in [2.75, 3.05) is 26.7 Å². The standard InChI is InChI=1S/C10H21F3N2/c1-8(2)4-9(5-14)6-15(3)7-10(11,12)13/h8-9H,4-7,14H2,1-3H3. The second kappa shape index (κ2) is 6.33. The fourth-order valence-electron chi connectivity index (χ4n) is 1.72. The Hall–Kier alpha value is -0.290. The highest BCUT2D eigenvalue weighted by Crippen LogP contribution is 2.17. The Balaban J connectivity index is 3.96. The third-order valence-electron chi connectivity index (χ3n) is 2.16. The minimum absolute atomic E-state index is 0.150. The maximum Gasteiger partial charge on any atom is 0.401 e. The van der Waals surface area contributed by atoms with Crippen molar-refractivity contribution in [3.63, 3.8) is 0 Å². The van der Waals surface area contributed by atoms with Crippen molar-refractivity contribution in [1.82, 2.24) is 4.90 Å². The van der Waals surface area contributed by atoms with Crippen molar-refractivity contribution in [2.24, 2.45) is 17.6 Å². The fourth-order valence-corrected chi connectivity index (χ4v) is 1.72. The van der Waals surface area contributed by atoms with Crippen LogP contribution in [0.15, 0.2) is 0 Å². The molecule has 0 spiro atoms. The molecule has 0 aromatic carbocycles. The van der Waals surface area contributed by atoms with E-state index in [1.165, 1.54) is 11.9 Å². The summed E-state index contributed by atoms with van der Waals surface area (Å²) in [5.74, 6) is 0.621. The smallest absolute Gasteiger partial charge is 0.330 e. The summed E-state index contributed by atoms with van der Waals surface area (Å²) in [7, 11) is 1.48. The van der Waals surface area contributed by atoms with Gasteiger partial charge in [-0.25, -0.2) is 0 Å². The van der Waals surface area contributed by atoms with Crippen LogP contribution in [0.25, 0.3) is 0 Å². The van der Waals surface area contributed by atoms with E-state index in [1.807, 2.05) is 13.8 Å². The fraction of sp³-hybridized carbons (Fsp3) is 1.00. The van der Waals surface area contributed by atoms with E-state index in [2.05, 4.69) is 0 Å². The largest absolute Gasteiger partial charge is 0.401 e. The molecule has 1 unspecified atom stereocenters. The molecule has 0 saturated carbocycles. The molecule has 0 rings (SSSR count). The minimum Gasteiger partial charge on any atom is -0.330 e. The van der Waals surface area contributed by atoms with Crippen LogP contribution in [0.2, 0.25) is 0 Å². The number of rotatable bonds is 6. The summed E-state index contributed by atoms with van der Waals surface area (Å²) in [4.78, 5) is 1.29. The molecule has 0 aromatic heterocycles. The van der Waals surface area contributed by atoms with Gasteiger partial charge >= 0.3 is 6.18 Å². The molecule has 1 atom stereocenters. The molecule has 0 saturated heterocycles. The Labute approximate surface area is 89.6 Å². The molecule has 0 heterocycles. The van der Waals surface area contributed by atoms with Crippen molar-refractivity contribution in [3.05, 3.63) is 0 Å². The van der Waals surface area contributed by atoms with Gasteiger partial charge in [0.15, 0.2) is 0 Å². The van der Waals surface area contributed by atoms with E-state index in [4.69, 9.17) is 5.73 Å². The lowest BCUT2D eigenvalue weighted by molar-refractivity contribution is -0.144. The monoisotopic (exact) mass is 226 g/mol. The van der Waals surface area contributed by atoms with Crippen molar-refractivity contribution >= 4 is 0 Å². The highest BCUT2D eigenvalue weighted by atomic mass is 19.4. The molecule has 0 radical (unpaired) electrons. The average molecular weight is 226 g/mol. The predicted octanol–water partition coefficient (Wildman–Crippen LogP) is 2.10. The summed E-state index contributed by atoms with van der Waals surface area (Å²) in [6, 6.07) is 0. The zero-order chi connectivity index (χ0) is 12.1. The Morgan fingerprint density at radius 2 is 1.80 bits per heavy atom. The molecule has 0 aliphatic heterocycles. The van der Waals surface area contributed by atoms with Gasteiger partial charge < -0.3 is 5.73 Å². The first-order valence-corrected chi connectivity index (χ1v) is 5.20. The molecule has 0 aliphatic carbocycles. The molecule has 5 heteroatoms. The third-order valence-corrected chi connectivity index (χ3v) is 2.16. The van der Waals surface area contributed by atoms with Gasteiger partial charge in [-0.05, 0) is 31.8 Å². The van der Waals surface area contributed by atoms with Gasteiger partial charge in [0.25, 0.3) is 0 Å². The second-order valence-corrected chi connectivity index (χ2v) is 4.54. The maximum atomic E-state index is 12.1. The topological polar surface area (TPSA) is 29.3 Å².